The molecule has 1 aromatic rings. The van der Waals surface area contributed by atoms with Gasteiger partial charge in [-0.25, -0.2) is 0 Å². The molecule has 0 amide bonds. The van der Waals surface area contributed by atoms with Gasteiger partial charge in [-0.3, -0.25) is 4.90 Å². The lowest BCUT2D eigenvalue weighted by Crippen LogP contribution is -2.35. The summed E-state index contributed by atoms with van der Waals surface area (Å²) in [5, 5.41) is 0. The molecule has 2 atom stereocenters. The van der Waals surface area contributed by atoms with Crippen molar-refractivity contribution in [3.63, 3.8) is 0 Å². The van der Waals surface area contributed by atoms with Crippen LogP contribution in [0.4, 0.5) is 0 Å². The van der Waals surface area contributed by atoms with Crippen molar-refractivity contribution in [1.82, 2.24) is 4.90 Å². The van der Waals surface area contributed by atoms with Gasteiger partial charge in [0.15, 0.2) is 0 Å². The Bertz CT molecular complexity index is 407. The molecule has 2 rings (SSSR count). The Hall–Kier alpha value is -0.860. The molecule has 0 radical (unpaired) electrons. The van der Waals surface area contributed by atoms with Crippen LogP contribution in [0.1, 0.15) is 55.3 Å². The van der Waals surface area contributed by atoms with Gasteiger partial charge in [-0.2, -0.15) is 0 Å². The fourth-order valence-electron chi connectivity index (χ4n) is 3.71. The molecule has 0 bridgehead atoms. The van der Waals surface area contributed by atoms with Crippen molar-refractivity contribution < 1.29 is 0 Å². The predicted octanol–water partition coefficient (Wildman–Crippen LogP) is 3.82. The number of rotatable bonds is 4. The molecule has 2 heteroatoms. The quantitative estimate of drug-likeness (QED) is 0.904. The van der Waals surface area contributed by atoms with E-state index in [0.717, 1.165) is 12.5 Å². The monoisotopic (exact) mass is 274 g/mol. The molecule has 0 spiro atoms. The van der Waals surface area contributed by atoms with Gasteiger partial charge in [0.05, 0.1) is 0 Å². The van der Waals surface area contributed by atoms with Crippen LogP contribution in [0.25, 0.3) is 0 Å². The highest BCUT2D eigenvalue weighted by molar-refractivity contribution is 5.36. The van der Waals surface area contributed by atoms with E-state index in [1.807, 2.05) is 0 Å². The van der Waals surface area contributed by atoms with Gasteiger partial charge in [-0.15, -0.1) is 0 Å². The smallest absolute Gasteiger partial charge is 0.0475 e. The third kappa shape index (κ3) is 3.42. The molecular formula is C18H30N2. The predicted molar refractivity (Wildman–Crippen MR) is 86.9 cm³/mol. The minimum absolute atomic E-state index is 0.395. The van der Waals surface area contributed by atoms with Gasteiger partial charge in [0.1, 0.15) is 0 Å². The summed E-state index contributed by atoms with van der Waals surface area (Å²) in [4.78, 5) is 2.63. The average Bonchev–Trinajstić information content (AvgIpc) is 2.68. The summed E-state index contributed by atoms with van der Waals surface area (Å²) in [5.41, 5.74) is 10.4. The number of likely N-dealkylation sites (tertiary alicyclic amines) is 1. The van der Waals surface area contributed by atoms with Crippen molar-refractivity contribution >= 4 is 0 Å². The standard InChI is InChI=1S/C18H30N2/c1-4-16-9-6-11-20(12-10-16)17(13-19)18-14(2)7-5-8-15(18)3/h5,7-8,16-17H,4,6,9-13,19H2,1-3H3. The van der Waals surface area contributed by atoms with Gasteiger partial charge < -0.3 is 5.73 Å². The largest absolute Gasteiger partial charge is 0.329 e. The SMILES string of the molecule is CCC1CCCN(C(CN)c2c(C)cccc2C)CC1. The Morgan fingerprint density at radius 1 is 1.20 bits per heavy atom. The molecule has 1 aromatic carbocycles. The van der Waals surface area contributed by atoms with Crippen molar-refractivity contribution in [3.8, 4) is 0 Å². The zero-order valence-electron chi connectivity index (χ0n) is 13.4. The lowest BCUT2D eigenvalue weighted by atomic mass is 9.94. The van der Waals surface area contributed by atoms with Gasteiger partial charge in [-0.1, -0.05) is 31.5 Å². The third-order valence-corrected chi connectivity index (χ3v) is 5.00. The molecule has 2 nitrogen and oxygen atoms in total. The third-order valence-electron chi connectivity index (χ3n) is 5.00. The Morgan fingerprint density at radius 2 is 1.90 bits per heavy atom. The minimum Gasteiger partial charge on any atom is -0.329 e. The van der Waals surface area contributed by atoms with Crippen LogP contribution < -0.4 is 5.73 Å². The van der Waals surface area contributed by atoms with E-state index in [2.05, 4.69) is 43.9 Å². The molecular weight excluding hydrogens is 244 g/mol. The highest BCUT2D eigenvalue weighted by Crippen LogP contribution is 2.30. The molecule has 0 aliphatic carbocycles. The number of hydrogen-bond donors (Lipinski definition) is 1. The second-order valence-corrected chi connectivity index (χ2v) is 6.30. The maximum absolute atomic E-state index is 6.15. The van der Waals surface area contributed by atoms with Crippen molar-refractivity contribution in [1.29, 1.82) is 0 Å². The molecule has 1 aliphatic rings. The first-order valence-corrected chi connectivity index (χ1v) is 8.17. The Kier molecular flexibility index (Phi) is 5.62. The number of aryl methyl sites for hydroxylation is 2. The summed E-state index contributed by atoms with van der Waals surface area (Å²) < 4.78 is 0. The van der Waals surface area contributed by atoms with Crippen molar-refractivity contribution in [2.45, 2.75) is 52.5 Å². The lowest BCUT2D eigenvalue weighted by Gasteiger charge is -2.32. The maximum atomic E-state index is 6.15. The van der Waals surface area contributed by atoms with Gasteiger partial charge in [-0.05, 0) is 68.8 Å². The number of nitrogens with two attached hydrogens (primary N) is 1. The van der Waals surface area contributed by atoms with E-state index in [1.165, 1.54) is 55.5 Å². The zero-order valence-corrected chi connectivity index (χ0v) is 13.4. The van der Waals surface area contributed by atoms with Crippen LogP contribution in [-0.4, -0.2) is 24.5 Å². The number of hydrogen-bond acceptors (Lipinski definition) is 2. The van der Waals surface area contributed by atoms with Crippen molar-refractivity contribution in [2.75, 3.05) is 19.6 Å². The summed E-state index contributed by atoms with van der Waals surface area (Å²) in [6.07, 6.45) is 5.36. The lowest BCUT2D eigenvalue weighted by molar-refractivity contribution is 0.205. The van der Waals surface area contributed by atoms with E-state index in [-0.39, 0.29) is 0 Å². The van der Waals surface area contributed by atoms with Gasteiger partial charge in [0, 0.05) is 12.6 Å². The average molecular weight is 274 g/mol. The fourth-order valence-corrected chi connectivity index (χ4v) is 3.71. The van der Waals surface area contributed by atoms with Crippen LogP contribution in [0.5, 0.6) is 0 Å². The zero-order chi connectivity index (χ0) is 14.5. The van der Waals surface area contributed by atoms with Crippen molar-refractivity contribution in [2.24, 2.45) is 11.7 Å². The van der Waals surface area contributed by atoms with E-state index in [4.69, 9.17) is 5.73 Å². The van der Waals surface area contributed by atoms with Crippen LogP contribution in [0.3, 0.4) is 0 Å². The molecule has 1 fully saturated rings. The highest BCUT2D eigenvalue weighted by Gasteiger charge is 2.24. The summed E-state index contributed by atoms with van der Waals surface area (Å²) in [5.74, 6) is 0.913. The molecule has 1 aliphatic heterocycles. The molecule has 20 heavy (non-hydrogen) atoms. The maximum Gasteiger partial charge on any atom is 0.0475 e. The van der Waals surface area contributed by atoms with Gasteiger partial charge in [0.2, 0.25) is 0 Å². The Labute approximate surface area is 124 Å². The van der Waals surface area contributed by atoms with Crippen LogP contribution in [0, 0.1) is 19.8 Å². The normalized spacial score (nSPS) is 22.5. The first kappa shape index (κ1) is 15.5. The number of nitrogens with zero attached hydrogens (tertiary/aromatic N) is 1. The van der Waals surface area contributed by atoms with E-state index < -0.39 is 0 Å². The molecule has 2 N–H and O–H groups in total. The molecule has 0 saturated carbocycles. The van der Waals surface area contributed by atoms with E-state index in [9.17, 15) is 0 Å². The number of benzene rings is 1. The van der Waals surface area contributed by atoms with Gasteiger partial charge >= 0.3 is 0 Å². The van der Waals surface area contributed by atoms with E-state index >= 15 is 0 Å². The Morgan fingerprint density at radius 3 is 2.50 bits per heavy atom. The topological polar surface area (TPSA) is 29.3 Å². The van der Waals surface area contributed by atoms with Crippen molar-refractivity contribution in [3.05, 3.63) is 34.9 Å². The summed E-state index contributed by atoms with van der Waals surface area (Å²) >= 11 is 0. The fraction of sp³-hybridized carbons (Fsp3) is 0.667. The second-order valence-electron chi connectivity index (χ2n) is 6.30. The minimum atomic E-state index is 0.395. The molecule has 2 unspecified atom stereocenters. The van der Waals surface area contributed by atoms with Crippen LogP contribution in [-0.2, 0) is 0 Å². The van der Waals surface area contributed by atoms with Crippen LogP contribution in [0.2, 0.25) is 0 Å². The molecule has 0 aromatic heterocycles. The highest BCUT2D eigenvalue weighted by atomic mass is 15.2. The molecule has 1 heterocycles. The van der Waals surface area contributed by atoms with Crippen LogP contribution in [0.15, 0.2) is 18.2 Å². The molecule has 1 saturated heterocycles. The summed E-state index contributed by atoms with van der Waals surface area (Å²) in [6.45, 7) is 9.89. The first-order valence-electron chi connectivity index (χ1n) is 8.17. The first-order chi connectivity index (χ1) is 9.67. The second kappa shape index (κ2) is 7.24. The summed E-state index contributed by atoms with van der Waals surface area (Å²) in [7, 11) is 0. The van der Waals surface area contributed by atoms with Gasteiger partial charge in [0.25, 0.3) is 0 Å². The Balaban J connectivity index is 2.19. The van der Waals surface area contributed by atoms with E-state index in [1.54, 1.807) is 0 Å². The van der Waals surface area contributed by atoms with Crippen LogP contribution >= 0.6 is 0 Å². The van der Waals surface area contributed by atoms with E-state index in [0.29, 0.717) is 6.04 Å². The summed E-state index contributed by atoms with van der Waals surface area (Å²) in [6, 6.07) is 6.99. The molecule has 112 valence electrons.